The maximum Gasteiger partial charge on any atom is 0.0708 e. The Hall–Kier alpha value is -2.57. The second-order valence-corrected chi connectivity index (χ2v) is 11.8. The van der Waals surface area contributed by atoms with Gasteiger partial charge in [-0.2, -0.15) is 0 Å². The fourth-order valence-electron chi connectivity index (χ4n) is 6.12. The maximum atomic E-state index is 10.7. The number of piperidine rings is 2. The molecule has 4 aromatic carbocycles. The van der Waals surface area contributed by atoms with Gasteiger partial charge < -0.3 is 15.8 Å². The van der Waals surface area contributed by atoms with Crippen molar-refractivity contribution in [2.45, 2.75) is 24.2 Å². The van der Waals surface area contributed by atoms with Gasteiger partial charge >= 0.3 is 0 Å². The molecule has 2 fully saturated rings. The maximum absolute atomic E-state index is 10.7. The Morgan fingerprint density at radius 1 is 0.436 bits per heavy atom. The third-order valence-corrected chi connectivity index (χ3v) is 8.88. The Balaban J connectivity index is 1.54. The Bertz CT molecular complexity index is 1260. The van der Waals surface area contributed by atoms with Crippen LogP contribution in [0.15, 0.2) is 102 Å². The van der Waals surface area contributed by atoms with Crippen LogP contribution in [0.5, 0.6) is 0 Å². The number of oxime groups is 1. The predicted octanol–water partition coefficient (Wildman–Crippen LogP) is 8.83. The number of rotatable bonds is 4. The van der Waals surface area contributed by atoms with Crippen molar-refractivity contribution in [1.82, 2.24) is 10.6 Å². The van der Waals surface area contributed by atoms with Crippen LogP contribution in [0, 0.1) is 11.8 Å². The van der Waals surface area contributed by atoms with Crippen molar-refractivity contribution < 1.29 is 5.21 Å². The van der Waals surface area contributed by atoms with Crippen LogP contribution in [-0.2, 0) is 0 Å². The first-order valence-corrected chi connectivity index (χ1v) is 14.2. The fourth-order valence-corrected chi connectivity index (χ4v) is 6.62. The smallest absolute Gasteiger partial charge is 0.0708 e. The standard InChI is InChI=1S/C31H25Cl4N3O/c32-21-9-1-17(2-10-21)27-25-28(18-3-11-22(33)12-4-18)37-30(20-7-15-24(35)16-8-20)26(31(25)38-39)29(36-27)19-5-13-23(34)14-6-19/h1-16,25-30,36-37,39H. The summed E-state index contributed by atoms with van der Waals surface area (Å²) in [6, 6.07) is 30.6. The molecular formula is C31H25Cl4N3O. The number of nitrogens with one attached hydrogen (secondary N) is 2. The molecule has 3 N–H and O–H groups in total. The number of hydrogen-bond acceptors (Lipinski definition) is 4. The lowest BCUT2D eigenvalue weighted by Crippen LogP contribution is -2.60. The van der Waals surface area contributed by atoms with E-state index in [0.29, 0.717) is 20.1 Å². The second-order valence-electron chi connectivity index (χ2n) is 10.0. The zero-order valence-electron chi connectivity index (χ0n) is 20.6. The van der Waals surface area contributed by atoms with Gasteiger partial charge in [0.15, 0.2) is 0 Å². The molecule has 2 bridgehead atoms. The average Bonchev–Trinajstić information content (AvgIpc) is 2.95. The SMILES string of the molecule is ON=C1C2C(c3ccc(Cl)cc3)NC(c3ccc(Cl)cc3)C1C(c1ccc(Cl)cc1)NC2c1ccc(Cl)cc1. The number of hydrogen-bond donors (Lipinski definition) is 3. The summed E-state index contributed by atoms with van der Waals surface area (Å²) < 4.78 is 0. The summed E-state index contributed by atoms with van der Waals surface area (Å²) in [7, 11) is 0. The first-order chi connectivity index (χ1) is 18.9. The van der Waals surface area contributed by atoms with E-state index < -0.39 is 0 Å². The van der Waals surface area contributed by atoms with Crippen molar-refractivity contribution in [1.29, 1.82) is 0 Å². The minimum absolute atomic E-state index is 0.176. The monoisotopic (exact) mass is 595 g/mol. The molecule has 0 amide bonds. The van der Waals surface area contributed by atoms with Crippen LogP contribution in [0.2, 0.25) is 20.1 Å². The van der Waals surface area contributed by atoms with Gasteiger partial charge in [0.25, 0.3) is 0 Å². The van der Waals surface area contributed by atoms with Crippen molar-refractivity contribution >= 4 is 52.1 Å². The lowest BCUT2D eigenvalue weighted by atomic mass is 9.63. The Labute approximate surface area is 247 Å². The van der Waals surface area contributed by atoms with Gasteiger partial charge in [-0.3, -0.25) is 0 Å². The van der Waals surface area contributed by atoms with E-state index in [-0.39, 0.29) is 36.0 Å². The molecule has 4 aromatic rings. The van der Waals surface area contributed by atoms with Gasteiger partial charge in [0.2, 0.25) is 0 Å². The van der Waals surface area contributed by atoms with Crippen molar-refractivity contribution in [3.63, 3.8) is 0 Å². The molecular weight excluding hydrogens is 572 g/mol. The molecule has 2 heterocycles. The van der Waals surface area contributed by atoms with Crippen molar-refractivity contribution in [3.8, 4) is 0 Å². The lowest BCUT2D eigenvalue weighted by Gasteiger charge is -2.54. The van der Waals surface area contributed by atoms with Gasteiger partial charge in [-0.05, 0) is 70.8 Å². The van der Waals surface area contributed by atoms with Crippen LogP contribution >= 0.6 is 46.4 Å². The Morgan fingerprint density at radius 2 is 0.667 bits per heavy atom. The average molecular weight is 597 g/mol. The summed E-state index contributed by atoms with van der Waals surface area (Å²) in [6.45, 7) is 0. The van der Waals surface area contributed by atoms with E-state index in [0.717, 1.165) is 28.0 Å². The first-order valence-electron chi connectivity index (χ1n) is 12.7. The number of fused-ring (bicyclic) bond motifs is 2. The third-order valence-electron chi connectivity index (χ3n) is 7.87. The molecule has 0 aromatic heterocycles. The minimum Gasteiger partial charge on any atom is -0.411 e. The fraction of sp³-hybridized carbons (Fsp3) is 0.194. The highest BCUT2D eigenvalue weighted by Crippen LogP contribution is 2.52. The van der Waals surface area contributed by atoms with Crippen LogP contribution in [0.25, 0.3) is 0 Å². The quantitative estimate of drug-likeness (QED) is 0.163. The topological polar surface area (TPSA) is 56.7 Å². The van der Waals surface area contributed by atoms with Gasteiger partial charge in [0.1, 0.15) is 0 Å². The van der Waals surface area contributed by atoms with E-state index in [9.17, 15) is 5.21 Å². The molecule has 4 unspecified atom stereocenters. The Kier molecular flexibility index (Phi) is 7.60. The second kappa shape index (κ2) is 11.1. The van der Waals surface area contributed by atoms with Crippen molar-refractivity contribution in [2.75, 3.05) is 0 Å². The molecule has 0 aliphatic carbocycles. The zero-order valence-corrected chi connectivity index (χ0v) is 23.6. The Morgan fingerprint density at radius 3 is 0.872 bits per heavy atom. The van der Waals surface area contributed by atoms with E-state index in [4.69, 9.17) is 46.4 Å². The summed E-state index contributed by atoms with van der Waals surface area (Å²) in [4.78, 5) is 0. The molecule has 39 heavy (non-hydrogen) atoms. The molecule has 0 saturated carbocycles. The van der Waals surface area contributed by atoms with E-state index in [1.165, 1.54) is 0 Å². The molecule has 4 atom stereocenters. The molecule has 0 spiro atoms. The lowest BCUT2D eigenvalue weighted by molar-refractivity contribution is 0.149. The van der Waals surface area contributed by atoms with E-state index in [2.05, 4.69) is 15.8 Å². The van der Waals surface area contributed by atoms with Crippen LogP contribution in [-0.4, -0.2) is 10.9 Å². The van der Waals surface area contributed by atoms with Gasteiger partial charge in [-0.1, -0.05) is 100 Å². The number of nitrogens with zero attached hydrogens (tertiary/aromatic N) is 1. The summed E-state index contributed by atoms with van der Waals surface area (Å²) in [5.74, 6) is -0.399. The molecule has 198 valence electrons. The summed E-state index contributed by atoms with van der Waals surface area (Å²) in [5, 5.41) is 25.3. The van der Waals surface area contributed by atoms with E-state index in [1.54, 1.807) is 0 Å². The van der Waals surface area contributed by atoms with Crippen LogP contribution in [0.3, 0.4) is 0 Å². The largest absolute Gasteiger partial charge is 0.411 e. The van der Waals surface area contributed by atoms with Gasteiger partial charge in [-0.15, -0.1) is 0 Å². The molecule has 2 saturated heterocycles. The van der Waals surface area contributed by atoms with Crippen molar-refractivity contribution in [3.05, 3.63) is 139 Å². The minimum atomic E-state index is -0.200. The van der Waals surface area contributed by atoms with Gasteiger partial charge in [0, 0.05) is 56.1 Å². The zero-order chi connectivity index (χ0) is 27.1. The van der Waals surface area contributed by atoms with Crippen LogP contribution < -0.4 is 10.6 Å². The molecule has 4 nitrogen and oxygen atoms in total. The van der Waals surface area contributed by atoms with Gasteiger partial charge in [-0.25, -0.2) is 0 Å². The first kappa shape index (κ1) is 26.6. The van der Waals surface area contributed by atoms with Crippen molar-refractivity contribution in [2.24, 2.45) is 17.0 Å². The highest BCUT2D eigenvalue weighted by atomic mass is 35.5. The normalized spacial score (nSPS) is 26.3. The highest BCUT2D eigenvalue weighted by molar-refractivity contribution is 6.31. The molecule has 0 radical (unpaired) electrons. The highest BCUT2D eigenvalue weighted by Gasteiger charge is 2.54. The third kappa shape index (κ3) is 5.18. The van der Waals surface area contributed by atoms with Gasteiger partial charge in [0.05, 0.1) is 5.71 Å². The molecule has 6 rings (SSSR count). The van der Waals surface area contributed by atoms with E-state index in [1.807, 2.05) is 97.1 Å². The van der Waals surface area contributed by atoms with Crippen LogP contribution in [0.4, 0.5) is 0 Å². The molecule has 2 aliphatic rings. The molecule has 8 heteroatoms. The summed E-state index contributed by atoms with van der Waals surface area (Å²) >= 11 is 25.0. The number of halogens is 4. The predicted molar refractivity (Wildman–Crippen MR) is 159 cm³/mol. The van der Waals surface area contributed by atoms with Crippen LogP contribution in [0.1, 0.15) is 46.4 Å². The summed E-state index contributed by atoms with van der Waals surface area (Å²) in [5.41, 5.74) is 4.93. The number of benzene rings is 4. The molecule has 2 aliphatic heterocycles. The van der Waals surface area contributed by atoms with E-state index >= 15 is 0 Å². The summed E-state index contributed by atoms with van der Waals surface area (Å²) in [6.07, 6.45) is 0.